The van der Waals surface area contributed by atoms with Crippen molar-refractivity contribution in [3.63, 3.8) is 0 Å². The van der Waals surface area contributed by atoms with Crippen molar-refractivity contribution < 1.29 is 9.50 Å². The number of nitrogens with one attached hydrogen (secondary N) is 1. The van der Waals surface area contributed by atoms with Crippen molar-refractivity contribution in [1.29, 1.82) is 0 Å². The monoisotopic (exact) mass is 283 g/mol. The van der Waals surface area contributed by atoms with E-state index < -0.39 is 0 Å². The normalized spacial score (nSPS) is 10.8. The molecule has 0 aliphatic heterocycles. The highest BCUT2D eigenvalue weighted by molar-refractivity contribution is 5.90. The summed E-state index contributed by atoms with van der Waals surface area (Å²) in [6, 6.07) is 10.3. The van der Waals surface area contributed by atoms with Gasteiger partial charge in [0, 0.05) is 11.1 Å². The van der Waals surface area contributed by atoms with Gasteiger partial charge in [-0.2, -0.15) is 0 Å². The lowest BCUT2D eigenvalue weighted by Crippen LogP contribution is -1.97. The number of halogens is 1. The number of nitrogens with zero attached hydrogens (tertiary/aromatic N) is 2. The number of aromatic nitrogens is 2. The zero-order valence-electron chi connectivity index (χ0n) is 11.5. The Bertz CT molecular complexity index is 805. The first-order chi connectivity index (χ1) is 10.2. The number of anilines is 2. The Labute approximate surface area is 121 Å². The van der Waals surface area contributed by atoms with Crippen LogP contribution in [-0.4, -0.2) is 15.1 Å². The predicted octanol–water partition coefficient (Wildman–Crippen LogP) is 3.31. The highest BCUT2D eigenvalue weighted by Gasteiger charge is 2.06. The summed E-state index contributed by atoms with van der Waals surface area (Å²) in [5.41, 5.74) is 2.88. The molecule has 1 aromatic heterocycles. The molecular weight excluding hydrogens is 269 g/mol. The lowest BCUT2D eigenvalue weighted by Gasteiger charge is -2.09. The quantitative estimate of drug-likeness (QED) is 0.774. The third-order valence-corrected chi connectivity index (χ3v) is 3.30. The minimum Gasteiger partial charge on any atom is -0.392 e. The number of hydrogen-bond acceptors (Lipinski definition) is 4. The fourth-order valence-corrected chi connectivity index (χ4v) is 2.16. The molecule has 3 aromatic rings. The molecule has 0 aliphatic rings. The van der Waals surface area contributed by atoms with E-state index in [-0.39, 0.29) is 12.4 Å². The molecule has 0 spiro atoms. The van der Waals surface area contributed by atoms with Crippen LogP contribution >= 0.6 is 0 Å². The van der Waals surface area contributed by atoms with Crippen molar-refractivity contribution >= 4 is 22.4 Å². The van der Waals surface area contributed by atoms with Crippen molar-refractivity contribution in [2.75, 3.05) is 5.32 Å². The largest absolute Gasteiger partial charge is 0.392 e. The van der Waals surface area contributed by atoms with E-state index in [1.165, 1.54) is 12.4 Å². The summed E-state index contributed by atoms with van der Waals surface area (Å²) < 4.78 is 13.3. The van der Waals surface area contributed by atoms with Gasteiger partial charge in [0.2, 0.25) is 0 Å². The number of aryl methyl sites for hydroxylation is 1. The lowest BCUT2D eigenvalue weighted by atomic mass is 10.1. The zero-order valence-corrected chi connectivity index (χ0v) is 11.5. The molecule has 1 heterocycles. The fraction of sp³-hybridized carbons (Fsp3) is 0.125. The first-order valence-electron chi connectivity index (χ1n) is 6.55. The summed E-state index contributed by atoms with van der Waals surface area (Å²) in [5, 5.41) is 13.2. The molecule has 0 bridgehead atoms. The molecule has 0 saturated heterocycles. The van der Waals surface area contributed by atoms with Gasteiger partial charge in [-0.1, -0.05) is 6.07 Å². The Hall–Kier alpha value is -2.53. The summed E-state index contributed by atoms with van der Waals surface area (Å²) in [7, 11) is 0. The average Bonchev–Trinajstić information content (AvgIpc) is 2.50. The van der Waals surface area contributed by atoms with E-state index >= 15 is 0 Å². The van der Waals surface area contributed by atoms with E-state index in [0.29, 0.717) is 11.4 Å². The van der Waals surface area contributed by atoms with E-state index in [0.717, 1.165) is 22.2 Å². The number of fused-ring (bicyclic) bond motifs is 1. The molecule has 0 saturated carbocycles. The van der Waals surface area contributed by atoms with Crippen LogP contribution in [0.3, 0.4) is 0 Å². The molecule has 0 unspecified atom stereocenters. The molecule has 5 heteroatoms. The predicted molar refractivity (Wildman–Crippen MR) is 79.9 cm³/mol. The molecule has 0 amide bonds. The van der Waals surface area contributed by atoms with Crippen molar-refractivity contribution in [3.8, 4) is 0 Å². The smallest absolute Gasteiger partial charge is 0.141 e. The topological polar surface area (TPSA) is 58.0 Å². The highest BCUT2D eigenvalue weighted by Crippen LogP contribution is 2.24. The maximum Gasteiger partial charge on any atom is 0.141 e. The first-order valence-corrected chi connectivity index (χ1v) is 6.55. The molecule has 0 radical (unpaired) electrons. The summed E-state index contributed by atoms with van der Waals surface area (Å²) in [6.07, 6.45) is 1.46. The van der Waals surface area contributed by atoms with Gasteiger partial charge >= 0.3 is 0 Å². The van der Waals surface area contributed by atoms with Gasteiger partial charge in [-0.25, -0.2) is 14.4 Å². The van der Waals surface area contributed by atoms with E-state index in [1.807, 2.05) is 18.2 Å². The van der Waals surface area contributed by atoms with Gasteiger partial charge in [-0.15, -0.1) is 0 Å². The lowest BCUT2D eigenvalue weighted by molar-refractivity contribution is 0.282. The van der Waals surface area contributed by atoms with Crippen LogP contribution in [0.1, 0.15) is 11.1 Å². The van der Waals surface area contributed by atoms with Crippen LogP contribution in [0.25, 0.3) is 10.9 Å². The SMILES string of the molecule is Cc1cc(Nc2ncnc3cc(CO)ccc23)ccc1F. The third kappa shape index (κ3) is 2.68. The van der Waals surface area contributed by atoms with Crippen molar-refractivity contribution in [2.24, 2.45) is 0 Å². The number of aliphatic hydroxyl groups excluding tert-OH is 1. The maximum atomic E-state index is 13.3. The van der Waals surface area contributed by atoms with E-state index in [4.69, 9.17) is 5.11 Å². The van der Waals surface area contributed by atoms with Crippen molar-refractivity contribution in [3.05, 3.63) is 59.7 Å². The Balaban J connectivity index is 2.02. The average molecular weight is 283 g/mol. The highest BCUT2D eigenvalue weighted by atomic mass is 19.1. The van der Waals surface area contributed by atoms with Crippen molar-refractivity contribution in [2.45, 2.75) is 13.5 Å². The number of rotatable bonds is 3. The number of hydrogen-bond donors (Lipinski definition) is 2. The summed E-state index contributed by atoms with van der Waals surface area (Å²) in [6.45, 7) is 1.69. The molecular formula is C16H14FN3O. The molecule has 0 aliphatic carbocycles. The number of aliphatic hydroxyl groups is 1. The second kappa shape index (κ2) is 5.46. The minimum absolute atomic E-state index is 0.0279. The van der Waals surface area contributed by atoms with Crippen LogP contribution in [0.4, 0.5) is 15.9 Å². The van der Waals surface area contributed by atoms with Crippen LogP contribution < -0.4 is 5.32 Å². The Kier molecular flexibility index (Phi) is 3.50. The van der Waals surface area contributed by atoms with Crippen LogP contribution in [0.5, 0.6) is 0 Å². The van der Waals surface area contributed by atoms with E-state index in [2.05, 4.69) is 15.3 Å². The van der Waals surface area contributed by atoms with Crippen LogP contribution in [0.15, 0.2) is 42.7 Å². The summed E-state index contributed by atoms with van der Waals surface area (Å²) in [4.78, 5) is 8.43. The van der Waals surface area contributed by atoms with E-state index in [1.54, 1.807) is 19.1 Å². The van der Waals surface area contributed by atoms with Gasteiger partial charge in [0.25, 0.3) is 0 Å². The molecule has 2 N–H and O–H groups in total. The van der Waals surface area contributed by atoms with Gasteiger partial charge in [0.05, 0.1) is 12.1 Å². The standard InChI is InChI=1S/C16H14FN3O/c1-10-6-12(3-5-14(10)17)20-16-13-4-2-11(8-21)7-15(13)18-9-19-16/h2-7,9,21H,8H2,1H3,(H,18,19,20). The first kappa shape index (κ1) is 13.5. The third-order valence-electron chi connectivity index (χ3n) is 3.30. The molecule has 21 heavy (non-hydrogen) atoms. The molecule has 0 fully saturated rings. The van der Waals surface area contributed by atoms with Crippen molar-refractivity contribution in [1.82, 2.24) is 9.97 Å². The Morgan fingerprint density at radius 1 is 1.14 bits per heavy atom. The molecule has 2 aromatic carbocycles. The van der Waals surface area contributed by atoms with Gasteiger partial charge in [0.1, 0.15) is 18.0 Å². The fourth-order valence-electron chi connectivity index (χ4n) is 2.16. The molecule has 0 atom stereocenters. The second-order valence-electron chi connectivity index (χ2n) is 4.82. The van der Waals surface area contributed by atoms with Crippen LogP contribution in [0, 0.1) is 12.7 Å². The molecule has 106 valence electrons. The number of benzene rings is 2. The summed E-state index contributed by atoms with van der Waals surface area (Å²) >= 11 is 0. The molecule has 3 rings (SSSR count). The maximum absolute atomic E-state index is 13.3. The van der Waals surface area contributed by atoms with Gasteiger partial charge in [0.15, 0.2) is 0 Å². The Morgan fingerprint density at radius 2 is 2.00 bits per heavy atom. The van der Waals surface area contributed by atoms with Crippen LogP contribution in [0.2, 0.25) is 0 Å². The van der Waals surface area contributed by atoms with E-state index in [9.17, 15) is 4.39 Å². The summed E-state index contributed by atoms with van der Waals surface area (Å²) in [5.74, 6) is 0.413. The second-order valence-corrected chi connectivity index (χ2v) is 4.82. The van der Waals surface area contributed by atoms with Gasteiger partial charge in [-0.05, 0) is 48.4 Å². The van der Waals surface area contributed by atoms with Gasteiger partial charge in [-0.3, -0.25) is 0 Å². The minimum atomic E-state index is -0.235. The van der Waals surface area contributed by atoms with Gasteiger partial charge < -0.3 is 10.4 Å². The molecule has 4 nitrogen and oxygen atoms in total. The van der Waals surface area contributed by atoms with Crippen LogP contribution in [-0.2, 0) is 6.61 Å². The Morgan fingerprint density at radius 3 is 2.76 bits per heavy atom. The zero-order chi connectivity index (χ0) is 14.8.